The maximum atomic E-state index is 12.8. The number of amides is 1. The summed E-state index contributed by atoms with van der Waals surface area (Å²) < 4.78 is 7.33. The Morgan fingerprint density at radius 2 is 2.29 bits per heavy atom. The van der Waals surface area contributed by atoms with Crippen molar-refractivity contribution < 1.29 is 9.53 Å². The fourth-order valence-electron chi connectivity index (χ4n) is 3.62. The van der Waals surface area contributed by atoms with E-state index in [-0.39, 0.29) is 5.91 Å². The third-order valence-electron chi connectivity index (χ3n) is 5.32. The monoisotopic (exact) mass is 326 g/mol. The van der Waals surface area contributed by atoms with E-state index in [1.807, 2.05) is 29.1 Å². The first-order chi connectivity index (χ1) is 11.6. The number of rotatable bonds is 4. The molecule has 2 aliphatic rings. The number of hydrogen-bond donors (Lipinski definition) is 2. The third-order valence-corrected chi connectivity index (χ3v) is 5.32. The molecule has 0 spiro atoms. The molecule has 3 N–H and O–H groups in total. The van der Waals surface area contributed by atoms with Crippen LogP contribution in [-0.2, 0) is 16.8 Å². The Bertz CT molecular complexity index is 781. The Labute approximate surface area is 141 Å². The number of anilines is 1. The van der Waals surface area contributed by atoms with Crippen molar-refractivity contribution in [1.82, 2.24) is 9.78 Å². The summed E-state index contributed by atoms with van der Waals surface area (Å²) in [5.41, 5.74) is 8.05. The van der Waals surface area contributed by atoms with Crippen LogP contribution in [0.15, 0.2) is 30.6 Å². The van der Waals surface area contributed by atoms with Crippen molar-refractivity contribution in [3.63, 3.8) is 0 Å². The molecule has 1 amide bonds. The van der Waals surface area contributed by atoms with Gasteiger partial charge in [0.1, 0.15) is 11.3 Å². The maximum absolute atomic E-state index is 12.8. The molecule has 1 heterocycles. The molecule has 0 radical (unpaired) electrons. The number of nitrogens with two attached hydrogens (primary N) is 1. The fourth-order valence-corrected chi connectivity index (χ4v) is 3.62. The zero-order valence-corrected chi connectivity index (χ0v) is 13.8. The second-order valence-corrected chi connectivity index (χ2v) is 6.71. The summed E-state index contributed by atoms with van der Waals surface area (Å²) in [5.74, 6) is 0.605. The van der Waals surface area contributed by atoms with Gasteiger partial charge in [0.2, 0.25) is 5.91 Å². The highest BCUT2D eigenvalue weighted by Crippen LogP contribution is 2.40. The van der Waals surface area contributed by atoms with E-state index < -0.39 is 5.54 Å². The van der Waals surface area contributed by atoms with Gasteiger partial charge in [-0.3, -0.25) is 9.48 Å². The van der Waals surface area contributed by atoms with Gasteiger partial charge in [0, 0.05) is 6.20 Å². The van der Waals surface area contributed by atoms with Crippen LogP contribution in [0.2, 0.25) is 0 Å². The number of carbonyl (C=O) groups is 1. The highest BCUT2D eigenvalue weighted by molar-refractivity contribution is 5.99. The van der Waals surface area contributed by atoms with Gasteiger partial charge in [0.05, 0.1) is 25.0 Å². The molecule has 1 saturated carbocycles. The number of methoxy groups -OCH3 is 1. The summed E-state index contributed by atoms with van der Waals surface area (Å²) in [6, 6.07) is 6.18. The van der Waals surface area contributed by atoms with Crippen molar-refractivity contribution in [1.29, 1.82) is 0 Å². The van der Waals surface area contributed by atoms with Crippen LogP contribution in [0.1, 0.15) is 42.9 Å². The number of aromatic nitrogens is 2. The molecular formula is C18H22N4O2. The fraction of sp³-hybridized carbons (Fsp3) is 0.444. The summed E-state index contributed by atoms with van der Waals surface area (Å²) in [5, 5.41) is 7.29. The zero-order chi connectivity index (χ0) is 16.7. The quantitative estimate of drug-likeness (QED) is 0.903. The molecule has 6 heteroatoms. The van der Waals surface area contributed by atoms with E-state index in [9.17, 15) is 4.79 Å². The van der Waals surface area contributed by atoms with Gasteiger partial charge in [-0.15, -0.1) is 0 Å². The van der Waals surface area contributed by atoms with Crippen LogP contribution in [0.4, 0.5) is 5.69 Å². The minimum absolute atomic E-state index is 0.192. The first kappa shape index (κ1) is 15.2. The Hall–Kier alpha value is -2.34. The number of fused-ring (bicyclic) bond motifs is 1. The molecule has 0 aliphatic heterocycles. The summed E-state index contributed by atoms with van der Waals surface area (Å²) in [6.07, 6.45) is 8.46. The normalized spacial score (nSPS) is 22.8. The molecule has 24 heavy (non-hydrogen) atoms. The Balaban J connectivity index is 1.56. The van der Waals surface area contributed by atoms with E-state index in [1.54, 1.807) is 13.3 Å². The van der Waals surface area contributed by atoms with Gasteiger partial charge in [-0.2, -0.15) is 5.10 Å². The summed E-state index contributed by atoms with van der Waals surface area (Å²) in [4.78, 5) is 12.8. The molecule has 0 bridgehead atoms. The summed E-state index contributed by atoms with van der Waals surface area (Å²) in [7, 11) is 1.64. The van der Waals surface area contributed by atoms with E-state index >= 15 is 0 Å². The average Bonchev–Trinajstić information content (AvgIpc) is 3.12. The molecule has 1 atom stereocenters. The molecular weight excluding hydrogens is 304 g/mol. The highest BCUT2D eigenvalue weighted by atomic mass is 16.5. The predicted molar refractivity (Wildman–Crippen MR) is 90.9 cm³/mol. The van der Waals surface area contributed by atoms with Gasteiger partial charge in [-0.1, -0.05) is 12.1 Å². The molecule has 4 rings (SSSR count). The van der Waals surface area contributed by atoms with Crippen LogP contribution < -0.4 is 15.8 Å². The number of benzene rings is 1. The second kappa shape index (κ2) is 5.63. The van der Waals surface area contributed by atoms with Gasteiger partial charge >= 0.3 is 0 Å². The molecule has 1 fully saturated rings. The van der Waals surface area contributed by atoms with E-state index in [0.717, 1.165) is 36.1 Å². The van der Waals surface area contributed by atoms with Crippen molar-refractivity contribution in [2.75, 3.05) is 12.4 Å². The highest BCUT2D eigenvalue weighted by Gasteiger charge is 2.43. The smallest absolute Gasteiger partial charge is 0.249 e. The van der Waals surface area contributed by atoms with Crippen molar-refractivity contribution in [3.05, 3.63) is 41.7 Å². The minimum atomic E-state index is -1.03. The first-order valence-electron chi connectivity index (χ1n) is 8.42. The molecule has 1 aromatic heterocycles. The van der Waals surface area contributed by atoms with Crippen LogP contribution in [0.3, 0.4) is 0 Å². The maximum Gasteiger partial charge on any atom is 0.249 e. The zero-order valence-electron chi connectivity index (χ0n) is 13.8. The molecule has 0 saturated heterocycles. The SMILES string of the molecule is COc1cccc2c1CCC2(N)C(=O)Nc1cnn(C2CCC2)c1. The topological polar surface area (TPSA) is 82.2 Å². The lowest BCUT2D eigenvalue weighted by Crippen LogP contribution is -2.46. The molecule has 2 aromatic rings. The summed E-state index contributed by atoms with van der Waals surface area (Å²) in [6.45, 7) is 0. The molecule has 6 nitrogen and oxygen atoms in total. The average molecular weight is 326 g/mol. The Morgan fingerprint density at radius 3 is 3.00 bits per heavy atom. The molecule has 126 valence electrons. The van der Waals surface area contributed by atoms with Gasteiger partial charge in [0.25, 0.3) is 0 Å². The van der Waals surface area contributed by atoms with E-state index in [0.29, 0.717) is 18.2 Å². The minimum Gasteiger partial charge on any atom is -0.496 e. The molecule has 1 unspecified atom stereocenters. The first-order valence-corrected chi connectivity index (χ1v) is 8.42. The van der Waals surface area contributed by atoms with Gasteiger partial charge in [-0.05, 0) is 49.3 Å². The predicted octanol–water partition coefficient (Wildman–Crippen LogP) is 2.36. The van der Waals surface area contributed by atoms with Crippen molar-refractivity contribution >= 4 is 11.6 Å². The lowest BCUT2D eigenvalue weighted by molar-refractivity contribution is -0.121. The number of hydrogen-bond acceptors (Lipinski definition) is 4. The lowest BCUT2D eigenvalue weighted by Gasteiger charge is -2.25. The van der Waals surface area contributed by atoms with Gasteiger partial charge in [-0.25, -0.2) is 0 Å². The largest absolute Gasteiger partial charge is 0.496 e. The third kappa shape index (κ3) is 2.29. The number of ether oxygens (including phenoxy) is 1. The molecule has 1 aromatic carbocycles. The summed E-state index contributed by atoms with van der Waals surface area (Å²) >= 11 is 0. The second-order valence-electron chi connectivity index (χ2n) is 6.71. The van der Waals surface area contributed by atoms with Crippen LogP contribution in [0.25, 0.3) is 0 Å². The Morgan fingerprint density at radius 1 is 1.46 bits per heavy atom. The van der Waals surface area contributed by atoms with Crippen molar-refractivity contribution in [3.8, 4) is 5.75 Å². The Kier molecular flexibility index (Phi) is 3.57. The van der Waals surface area contributed by atoms with Crippen LogP contribution in [-0.4, -0.2) is 22.8 Å². The van der Waals surface area contributed by atoms with Gasteiger partial charge < -0.3 is 15.8 Å². The van der Waals surface area contributed by atoms with Crippen LogP contribution in [0, 0.1) is 0 Å². The van der Waals surface area contributed by atoms with Crippen molar-refractivity contribution in [2.45, 2.75) is 43.7 Å². The van der Waals surface area contributed by atoms with Gasteiger partial charge in [0.15, 0.2) is 0 Å². The van der Waals surface area contributed by atoms with Crippen LogP contribution in [0.5, 0.6) is 5.75 Å². The number of nitrogens with zero attached hydrogens (tertiary/aromatic N) is 2. The standard InChI is InChI=1S/C18H22N4O2/c1-24-16-7-3-6-15-14(16)8-9-18(15,19)17(23)21-12-10-20-22(11-12)13-4-2-5-13/h3,6-7,10-11,13H,2,4-5,8-9,19H2,1H3,(H,21,23). The van der Waals surface area contributed by atoms with Crippen molar-refractivity contribution in [2.24, 2.45) is 5.73 Å². The van der Waals surface area contributed by atoms with E-state index in [1.165, 1.54) is 6.42 Å². The number of nitrogens with one attached hydrogen (secondary N) is 1. The number of carbonyl (C=O) groups excluding carboxylic acids is 1. The lowest BCUT2D eigenvalue weighted by atomic mass is 9.91. The van der Waals surface area contributed by atoms with E-state index in [4.69, 9.17) is 10.5 Å². The van der Waals surface area contributed by atoms with E-state index in [2.05, 4.69) is 10.4 Å². The molecule has 2 aliphatic carbocycles. The van der Waals surface area contributed by atoms with Crippen LogP contribution >= 0.6 is 0 Å².